The largest absolute Gasteiger partial charge is 0.462 e. The van der Waals surface area contributed by atoms with Crippen LogP contribution in [0.5, 0.6) is 0 Å². The maximum absolute atomic E-state index is 11.5. The van der Waals surface area contributed by atoms with Crippen molar-refractivity contribution in [3.05, 3.63) is 35.4 Å². The molecule has 0 aliphatic rings. The van der Waals surface area contributed by atoms with Gasteiger partial charge in [0, 0.05) is 6.04 Å². The van der Waals surface area contributed by atoms with E-state index in [1.165, 1.54) is 0 Å². The fraction of sp³-hybridized carbons (Fsp3) is 0.500. The van der Waals surface area contributed by atoms with Crippen LogP contribution in [-0.4, -0.2) is 12.6 Å². The van der Waals surface area contributed by atoms with E-state index in [0.717, 1.165) is 24.8 Å². The Morgan fingerprint density at radius 2 is 2.00 bits per heavy atom. The van der Waals surface area contributed by atoms with Gasteiger partial charge < -0.3 is 4.74 Å². The van der Waals surface area contributed by atoms with Crippen LogP contribution in [0, 0.1) is 0 Å². The van der Waals surface area contributed by atoms with Gasteiger partial charge in [-0.15, -0.1) is 0 Å². The molecule has 18 heavy (non-hydrogen) atoms. The number of ether oxygens (including phenoxy) is 1. The van der Waals surface area contributed by atoms with Gasteiger partial charge in [-0.3, -0.25) is 11.3 Å². The third kappa shape index (κ3) is 4.13. The summed E-state index contributed by atoms with van der Waals surface area (Å²) in [7, 11) is 0. The summed E-state index contributed by atoms with van der Waals surface area (Å²) in [6.07, 6.45) is 3.25. The van der Waals surface area contributed by atoms with Gasteiger partial charge in [-0.1, -0.05) is 31.9 Å². The molecule has 0 aliphatic heterocycles. The molecular weight excluding hydrogens is 228 g/mol. The van der Waals surface area contributed by atoms with Crippen LogP contribution >= 0.6 is 0 Å². The molecule has 4 nitrogen and oxygen atoms in total. The van der Waals surface area contributed by atoms with Crippen molar-refractivity contribution in [2.24, 2.45) is 5.84 Å². The number of nitrogens with two attached hydrogens (primary N) is 1. The third-order valence-corrected chi connectivity index (χ3v) is 2.87. The van der Waals surface area contributed by atoms with Crippen molar-refractivity contribution in [2.75, 3.05) is 6.61 Å². The monoisotopic (exact) mass is 250 g/mol. The van der Waals surface area contributed by atoms with Gasteiger partial charge in [0.15, 0.2) is 0 Å². The topological polar surface area (TPSA) is 64.3 Å². The molecule has 3 N–H and O–H groups in total. The predicted octanol–water partition coefficient (Wildman–Crippen LogP) is 2.56. The average molecular weight is 250 g/mol. The summed E-state index contributed by atoms with van der Waals surface area (Å²) in [5.41, 5.74) is 4.48. The van der Waals surface area contributed by atoms with Crippen molar-refractivity contribution >= 4 is 5.97 Å². The van der Waals surface area contributed by atoms with E-state index >= 15 is 0 Å². The smallest absolute Gasteiger partial charge is 0.338 e. The summed E-state index contributed by atoms with van der Waals surface area (Å²) < 4.78 is 4.94. The number of rotatable bonds is 7. The van der Waals surface area contributed by atoms with Crippen LogP contribution in [0.3, 0.4) is 0 Å². The number of unbranched alkanes of at least 4 members (excludes halogenated alkanes) is 1. The molecule has 0 radical (unpaired) electrons. The molecule has 1 rings (SSSR count). The van der Waals surface area contributed by atoms with Crippen molar-refractivity contribution in [1.82, 2.24) is 5.43 Å². The summed E-state index contributed by atoms with van der Waals surface area (Å²) >= 11 is 0. The molecule has 0 amide bonds. The fourth-order valence-corrected chi connectivity index (χ4v) is 1.82. The summed E-state index contributed by atoms with van der Waals surface area (Å²) in [6.45, 7) is 4.34. The number of hydrogen-bond donors (Lipinski definition) is 2. The summed E-state index contributed by atoms with van der Waals surface area (Å²) in [4.78, 5) is 11.5. The number of hydrogen-bond acceptors (Lipinski definition) is 4. The molecular formula is C14H22N2O2. The van der Waals surface area contributed by atoms with Gasteiger partial charge in [0.2, 0.25) is 0 Å². The normalized spacial score (nSPS) is 12.2. The Hall–Kier alpha value is -1.39. The summed E-state index contributed by atoms with van der Waals surface area (Å²) in [5.74, 6) is 5.27. The van der Waals surface area contributed by atoms with E-state index in [2.05, 4.69) is 12.3 Å². The minimum absolute atomic E-state index is 0.140. The lowest BCUT2D eigenvalue weighted by molar-refractivity contribution is 0.0526. The van der Waals surface area contributed by atoms with Crippen LogP contribution in [0.4, 0.5) is 0 Å². The minimum atomic E-state index is -0.283. The van der Waals surface area contributed by atoms with Crippen LogP contribution in [0.2, 0.25) is 0 Å². The van der Waals surface area contributed by atoms with Crippen molar-refractivity contribution < 1.29 is 9.53 Å². The Labute approximate surface area is 108 Å². The summed E-state index contributed by atoms with van der Waals surface area (Å²) in [5, 5.41) is 0. The second-order valence-electron chi connectivity index (χ2n) is 4.20. The molecule has 1 atom stereocenters. The number of carbonyl (C=O) groups is 1. The van der Waals surface area contributed by atoms with Gasteiger partial charge in [-0.25, -0.2) is 4.79 Å². The molecule has 0 saturated carbocycles. The zero-order chi connectivity index (χ0) is 13.4. The van der Waals surface area contributed by atoms with Gasteiger partial charge in [-0.2, -0.15) is 0 Å². The number of hydrazine groups is 1. The summed E-state index contributed by atoms with van der Waals surface area (Å²) in [6, 6.07) is 7.55. The van der Waals surface area contributed by atoms with Crippen molar-refractivity contribution in [2.45, 2.75) is 39.2 Å². The molecule has 4 heteroatoms. The zero-order valence-electron chi connectivity index (χ0n) is 11.1. The van der Waals surface area contributed by atoms with Gasteiger partial charge in [-0.05, 0) is 31.0 Å². The van der Waals surface area contributed by atoms with E-state index in [1.54, 1.807) is 19.1 Å². The molecule has 0 bridgehead atoms. The van der Waals surface area contributed by atoms with E-state index in [1.807, 2.05) is 12.1 Å². The van der Waals surface area contributed by atoms with Gasteiger partial charge in [0.1, 0.15) is 0 Å². The van der Waals surface area contributed by atoms with Crippen LogP contribution in [0.15, 0.2) is 24.3 Å². The SMILES string of the molecule is CCCCC(NN)c1ccc(C(=O)OCC)cc1. The van der Waals surface area contributed by atoms with E-state index in [-0.39, 0.29) is 12.0 Å². The standard InChI is InChI=1S/C14H22N2O2/c1-3-5-6-13(16-15)11-7-9-12(10-8-11)14(17)18-4-2/h7-10,13,16H,3-6,15H2,1-2H3. The lowest BCUT2D eigenvalue weighted by Gasteiger charge is -2.16. The second-order valence-corrected chi connectivity index (χ2v) is 4.20. The van der Waals surface area contributed by atoms with Crippen LogP contribution in [0.1, 0.15) is 55.1 Å². The Morgan fingerprint density at radius 1 is 1.33 bits per heavy atom. The first-order valence-electron chi connectivity index (χ1n) is 6.46. The third-order valence-electron chi connectivity index (χ3n) is 2.87. The second kappa shape index (κ2) is 7.84. The number of benzene rings is 1. The molecule has 0 aliphatic carbocycles. The highest BCUT2D eigenvalue weighted by atomic mass is 16.5. The lowest BCUT2D eigenvalue weighted by Crippen LogP contribution is -2.28. The van der Waals surface area contributed by atoms with Gasteiger partial charge in [0.25, 0.3) is 0 Å². The van der Waals surface area contributed by atoms with Gasteiger partial charge >= 0.3 is 5.97 Å². The van der Waals surface area contributed by atoms with E-state index < -0.39 is 0 Å². The highest BCUT2D eigenvalue weighted by molar-refractivity contribution is 5.89. The molecule has 1 aromatic carbocycles. The number of carbonyl (C=O) groups excluding carboxylic acids is 1. The van der Waals surface area contributed by atoms with Crippen LogP contribution in [-0.2, 0) is 4.74 Å². The first-order chi connectivity index (χ1) is 8.72. The Kier molecular flexibility index (Phi) is 6.39. The van der Waals surface area contributed by atoms with Crippen molar-refractivity contribution in [3.63, 3.8) is 0 Å². The molecule has 100 valence electrons. The van der Waals surface area contributed by atoms with Gasteiger partial charge in [0.05, 0.1) is 12.2 Å². The first-order valence-corrected chi connectivity index (χ1v) is 6.46. The molecule has 0 fully saturated rings. The average Bonchev–Trinajstić information content (AvgIpc) is 2.40. The van der Waals surface area contributed by atoms with E-state index in [4.69, 9.17) is 10.6 Å². The maximum atomic E-state index is 11.5. The maximum Gasteiger partial charge on any atom is 0.338 e. The molecule has 0 aromatic heterocycles. The Morgan fingerprint density at radius 3 is 2.50 bits per heavy atom. The zero-order valence-corrected chi connectivity index (χ0v) is 11.1. The van der Waals surface area contributed by atoms with E-state index in [9.17, 15) is 4.79 Å². The van der Waals surface area contributed by atoms with Crippen molar-refractivity contribution in [3.8, 4) is 0 Å². The molecule has 0 spiro atoms. The molecule has 0 heterocycles. The van der Waals surface area contributed by atoms with E-state index in [0.29, 0.717) is 12.2 Å². The predicted molar refractivity (Wildman–Crippen MR) is 72.0 cm³/mol. The molecule has 0 saturated heterocycles. The van der Waals surface area contributed by atoms with Crippen LogP contribution in [0.25, 0.3) is 0 Å². The van der Waals surface area contributed by atoms with Crippen LogP contribution < -0.4 is 11.3 Å². The Bertz CT molecular complexity index is 363. The first kappa shape index (κ1) is 14.7. The highest BCUT2D eigenvalue weighted by Crippen LogP contribution is 2.19. The Balaban J connectivity index is 2.71. The quantitative estimate of drug-likeness (QED) is 0.443. The lowest BCUT2D eigenvalue weighted by atomic mass is 10.0. The molecule has 1 aromatic rings. The minimum Gasteiger partial charge on any atom is -0.462 e. The fourth-order valence-electron chi connectivity index (χ4n) is 1.82. The molecule has 1 unspecified atom stereocenters. The van der Waals surface area contributed by atoms with Crippen molar-refractivity contribution in [1.29, 1.82) is 0 Å². The highest BCUT2D eigenvalue weighted by Gasteiger charge is 2.11. The number of nitrogens with one attached hydrogen (secondary N) is 1. The number of esters is 1.